The molecule has 3 heteroatoms. The monoisotopic (exact) mass is 172 g/mol. The summed E-state index contributed by atoms with van der Waals surface area (Å²) >= 11 is 0. The Morgan fingerprint density at radius 1 is 1.50 bits per heavy atom. The average Bonchev–Trinajstić information content (AvgIpc) is 1.84. The second kappa shape index (κ2) is 4.45. The van der Waals surface area contributed by atoms with E-state index in [1.165, 1.54) is 0 Å². The summed E-state index contributed by atoms with van der Waals surface area (Å²) in [5.41, 5.74) is 5.37. The van der Waals surface area contributed by atoms with E-state index in [2.05, 4.69) is 26.1 Å². The second-order valence-corrected chi connectivity index (χ2v) is 4.49. The Bertz CT molecular complexity index is 149. The molecule has 0 aliphatic heterocycles. The molecular weight excluding hydrogens is 152 g/mol. The summed E-state index contributed by atoms with van der Waals surface area (Å²) in [6, 6.07) is 0. The largest absolute Gasteiger partial charge is 0.369 e. The van der Waals surface area contributed by atoms with Crippen LogP contribution in [0.1, 0.15) is 27.7 Å². The third kappa shape index (κ3) is 6.16. The average molecular weight is 172 g/mol. The molecule has 72 valence electrons. The third-order valence-corrected chi connectivity index (χ3v) is 1.59. The van der Waals surface area contributed by atoms with E-state index < -0.39 is 0 Å². The van der Waals surface area contributed by atoms with Gasteiger partial charge in [0.05, 0.1) is 0 Å². The van der Waals surface area contributed by atoms with Crippen molar-refractivity contribution in [2.75, 3.05) is 13.1 Å². The van der Waals surface area contributed by atoms with Gasteiger partial charge in [-0.3, -0.25) is 4.79 Å². The van der Waals surface area contributed by atoms with Crippen LogP contribution in [0.4, 0.5) is 0 Å². The molecule has 1 amide bonds. The highest BCUT2D eigenvalue weighted by Gasteiger charge is 2.12. The molecule has 0 saturated heterocycles. The molecular formula is C9H20N2O. The van der Waals surface area contributed by atoms with Crippen molar-refractivity contribution in [2.24, 2.45) is 17.1 Å². The van der Waals surface area contributed by atoms with Gasteiger partial charge in [-0.25, -0.2) is 0 Å². The Morgan fingerprint density at radius 2 is 2.00 bits per heavy atom. The zero-order chi connectivity index (χ0) is 9.78. The van der Waals surface area contributed by atoms with Crippen molar-refractivity contribution in [3.05, 3.63) is 0 Å². The summed E-state index contributed by atoms with van der Waals surface area (Å²) in [5, 5.41) is 3.21. The molecule has 3 nitrogen and oxygen atoms in total. The topological polar surface area (TPSA) is 55.1 Å². The van der Waals surface area contributed by atoms with Crippen molar-refractivity contribution in [3.63, 3.8) is 0 Å². The number of rotatable bonds is 4. The van der Waals surface area contributed by atoms with Gasteiger partial charge in [0.15, 0.2) is 0 Å². The maximum Gasteiger partial charge on any atom is 0.221 e. The first-order valence-corrected chi connectivity index (χ1v) is 4.33. The Labute approximate surface area is 74.7 Å². The van der Waals surface area contributed by atoms with E-state index >= 15 is 0 Å². The number of hydrogen-bond donors (Lipinski definition) is 2. The van der Waals surface area contributed by atoms with Crippen LogP contribution in [0.15, 0.2) is 0 Å². The second-order valence-electron chi connectivity index (χ2n) is 4.49. The number of carbonyl (C=O) groups is 1. The minimum Gasteiger partial charge on any atom is -0.369 e. The van der Waals surface area contributed by atoms with Gasteiger partial charge in [0.2, 0.25) is 5.91 Å². The number of nitrogens with one attached hydrogen (secondary N) is 1. The van der Waals surface area contributed by atoms with Crippen LogP contribution >= 0.6 is 0 Å². The first-order chi connectivity index (χ1) is 5.33. The molecule has 0 fully saturated rings. The van der Waals surface area contributed by atoms with Crippen molar-refractivity contribution < 1.29 is 4.79 Å². The molecule has 0 aliphatic carbocycles. The minimum absolute atomic E-state index is 0.0765. The summed E-state index contributed by atoms with van der Waals surface area (Å²) in [5.74, 6) is -0.316. The van der Waals surface area contributed by atoms with Crippen LogP contribution in [-0.2, 0) is 4.79 Å². The standard InChI is InChI=1S/C9H20N2O/c1-7(8(10)12)5-11-6-9(2,3)4/h7,11H,5-6H2,1-4H3,(H2,10,12). The Kier molecular flexibility index (Phi) is 4.24. The molecule has 12 heavy (non-hydrogen) atoms. The van der Waals surface area contributed by atoms with Gasteiger partial charge >= 0.3 is 0 Å². The highest BCUT2D eigenvalue weighted by Crippen LogP contribution is 2.10. The molecule has 0 aromatic carbocycles. The van der Waals surface area contributed by atoms with Crippen LogP contribution in [0.3, 0.4) is 0 Å². The summed E-state index contributed by atoms with van der Waals surface area (Å²) in [6.45, 7) is 9.86. The highest BCUT2D eigenvalue weighted by atomic mass is 16.1. The minimum atomic E-state index is -0.239. The predicted molar refractivity (Wildman–Crippen MR) is 50.7 cm³/mol. The molecule has 0 heterocycles. The van der Waals surface area contributed by atoms with Crippen LogP contribution in [0.5, 0.6) is 0 Å². The van der Waals surface area contributed by atoms with Gasteiger partial charge in [0.1, 0.15) is 0 Å². The Balaban J connectivity index is 3.51. The molecule has 0 spiro atoms. The normalized spacial score (nSPS) is 14.3. The molecule has 0 bridgehead atoms. The van der Waals surface area contributed by atoms with Gasteiger partial charge in [-0.1, -0.05) is 27.7 Å². The predicted octanol–water partition coefficient (Wildman–Crippen LogP) is 0.743. The molecule has 1 atom stereocenters. The molecule has 0 radical (unpaired) electrons. The first kappa shape index (κ1) is 11.4. The number of hydrogen-bond acceptors (Lipinski definition) is 2. The number of nitrogens with two attached hydrogens (primary N) is 1. The summed E-state index contributed by atoms with van der Waals surface area (Å²) < 4.78 is 0. The Hall–Kier alpha value is -0.570. The van der Waals surface area contributed by atoms with Crippen molar-refractivity contribution in [3.8, 4) is 0 Å². The molecule has 3 N–H and O–H groups in total. The highest BCUT2D eigenvalue weighted by molar-refractivity contribution is 5.76. The lowest BCUT2D eigenvalue weighted by Gasteiger charge is -2.19. The maximum absolute atomic E-state index is 10.6. The number of primary amides is 1. The zero-order valence-corrected chi connectivity index (χ0v) is 8.48. The van der Waals surface area contributed by atoms with Gasteiger partial charge in [-0.2, -0.15) is 0 Å². The van der Waals surface area contributed by atoms with E-state index in [0.29, 0.717) is 6.54 Å². The fraction of sp³-hybridized carbons (Fsp3) is 0.889. The van der Waals surface area contributed by atoms with E-state index in [9.17, 15) is 4.79 Å². The van der Waals surface area contributed by atoms with E-state index in [-0.39, 0.29) is 17.2 Å². The fourth-order valence-electron chi connectivity index (χ4n) is 0.764. The van der Waals surface area contributed by atoms with Gasteiger partial charge in [-0.05, 0) is 5.41 Å². The first-order valence-electron chi connectivity index (χ1n) is 4.33. The van der Waals surface area contributed by atoms with Gasteiger partial charge in [-0.15, -0.1) is 0 Å². The van der Waals surface area contributed by atoms with Crippen LogP contribution in [0.2, 0.25) is 0 Å². The summed E-state index contributed by atoms with van der Waals surface area (Å²) in [7, 11) is 0. The van der Waals surface area contributed by atoms with Crippen LogP contribution in [0, 0.1) is 11.3 Å². The lowest BCUT2D eigenvalue weighted by atomic mass is 9.97. The quantitative estimate of drug-likeness (QED) is 0.657. The Morgan fingerprint density at radius 3 is 2.33 bits per heavy atom. The third-order valence-electron chi connectivity index (χ3n) is 1.59. The van der Waals surface area contributed by atoms with E-state index in [0.717, 1.165) is 6.54 Å². The zero-order valence-electron chi connectivity index (χ0n) is 8.48. The SMILES string of the molecule is CC(CNCC(C)(C)C)C(N)=O. The summed E-state index contributed by atoms with van der Waals surface area (Å²) in [6.07, 6.45) is 0. The molecule has 0 aromatic rings. The van der Waals surface area contributed by atoms with Gasteiger partial charge < -0.3 is 11.1 Å². The van der Waals surface area contributed by atoms with Crippen LogP contribution in [-0.4, -0.2) is 19.0 Å². The number of carbonyl (C=O) groups excluding carboxylic acids is 1. The lowest BCUT2D eigenvalue weighted by molar-refractivity contribution is -0.121. The molecule has 0 aliphatic rings. The van der Waals surface area contributed by atoms with Crippen molar-refractivity contribution in [1.29, 1.82) is 0 Å². The summed E-state index contributed by atoms with van der Waals surface area (Å²) in [4.78, 5) is 10.6. The van der Waals surface area contributed by atoms with Gasteiger partial charge in [0, 0.05) is 19.0 Å². The smallest absolute Gasteiger partial charge is 0.221 e. The van der Waals surface area contributed by atoms with Crippen LogP contribution in [0.25, 0.3) is 0 Å². The van der Waals surface area contributed by atoms with Crippen molar-refractivity contribution in [1.82, 2.24) is 5.32 Å². The van der Waals surface area contributed by atoms with E-state index in [1.807, 2.05) is 6.92 Å². The van der Waals surface area contributed by atoms with Crippen molar-refractivity contribution >= 4 is 5.91 Å². The van der Waals surface area contributed by atoms with Crippen molar-refractivity contribution in [2.45, 2.75) is 27.7 Å². The molecule has 0 rings (SSSR count). The lowest BCUT2D eigenvalue weighted by Crippen LogP contribution is -2.35. The van der Waals surface area contributed by atoms with Crippen LogP contribution < -0.4 is 11.1 Å². The molecule has 1 unspecified atom stereocenters. The molecule has 0 saturated carbocycles. The maximum atomic E-state index is 10.6. The molecule has 0 aromatic heterocycles. The van der Waals surface area contributed by atoms with Gasteiger partial charge in [0.25, 0.3) is 0 Å². The fourth-order valence-corrected chi connectivity index (χ4v) is 0.764. The van der Waals surface area contributed by atoms with E-state index in [4.69, 9.17) is 5.73 Å². The number of amides is 1. The van der Waals surface area contributed by atoms with E-state index in [1.54, 1.807) is 0 Å².